The van der Waals surface area contributed by atoms with Crippen LogP contribution >= 0.6 is 11.6 Å². The molecule has 0 radical (unpaired) electrons. The molecular formula is C19H32ClN3O2. The lowest BCUT2D eigenvalue weighted by molar-refractivity contribution is 0.224. The van der Waals surface area contributed by atoms with Crippen LogP contribution in [0.2, 0.25) is 5.02 Å². The molecule has 0 saturated heterocycles. The molecule has 2 atom stereocenters. The van der Waals surface area contributed by atoms with Crippen LogP contribution in [0.4, 0.5) is 0 Å². The molecule has 0 spiro atoms. The summed E-state index contributed by atoms with van der Waals surface area (Å²) in [5.41, 5.74) is 0. The first-order valence-corrected chi connectivity index (χ1v) is 9.52. The quantitative estimate of drug-likeness (QED) is 0.413. The van der Waals surface area contributed by atoms with Gasteiger partial charge in [-0.05, 0) is 44.7 Å². The minimum absolute atomic E-state index is 0.0485. The fraction of sp³-hybridized carbons (Fsp3) is 0.632. The van der Waals surface area contributed by atoms with Gasteiger partial charge in [-0.1, -0.05) is 37.1 Å². The second kappa shape index (κ2) is 12.8. The molecule has 0 heterocycles. The molecule has 0 saturated carbocycles. The summed E-state index contributed by atoms with van der Waals surface area (Å²) >= 11 is 6.12. The molecule has 1 aromatic rings. The number of hydrogen-bond donors (Lipinski definition) is 3. The van der Waals surface area contributed by atoms with Crippen molar-refractivity contribution < 1.29 is 9.84 Å². The van der Waals surface area contributed by atoms with Gasteiger partial charge in [0.05, 0.1) is 11.6 Å². The minimum Gasteiger partial charge on any atom is -0.487 e. The number of halogens is 1. The third-order valence-corrected chi connectivity index (χ3v) is 4.12. The van der Waals surface area contributed by atoms with Crippen LogP contribution in [0.5, 0.6) is 5.75 Å². The lowest BCUT2D eigenvalue weighted by Crippen LogP contribution is -2.42. The number of nitrogens with zero attached hydrogens (tertiary/aromatic N) is 1. The molecule has 1 rings (SSSR count). The van der Waals surface area contributed by atoms with Crippen LogP contribution in [0.3, 0.4) is 0 Å². The van der Waals surface area contributed by atoms with Gasteiger partial charge in [-0.25, -0.2) is 0 Å². The normalized spacial score (nSPS) is 14.0. The van der Waals surface area contributed by atoms with Crippen molar-refractivity contribution in [3.63, 3.8) is 0 Å². The maximum Gasteiger partial charge on any atom is 0.191 e. The van der Waals surface area contributed by atoms with E-state index in [1.807, 2.05) is 38.1 Å². The van der Waals surface area contributed by atoms with Crippen LogP contribution in [0.25, 0.3) is 0 Å². The van der Waals surface area contributed by atoms with Crippen molar-refractivity contribution in [1.29, 1.82) is 0 Å². The van der Waals surface area contributed by atoms with Gasteiger partial charge in [0.25, 0.3) is 0 Å². The lowest BCUT2D eigenvalue weighted by atomic mass is 10.0. The van der Waals surface area contributed by atoms with E-state index in [4.69, 9.17) is 21.4 Å². The van der Waals surface area contributed by atoms with E-state index in [-0.39, 0.29) is 12.7 Å². The molecule has 2 unspecified atom stereocenters. The van der Waals surface area contributed by atoms with E-state index in [2.05, 4.69) is 22.5 Å². The summed E-state index contributed by atoms with van der Waals surface area (Å²) in [4.78, 5) is 4.65. The molecule has 25 heavy (non-hydrogen) atoms. The maximum atomic E-state index is 9.16. The molecule has 5 nitrogen and oxygen atoms in total. The van der Waals surface area contributed by atoms with Gasteiger partial charge in [-0.2, -0.15) is 0 Å². The summed E-state index contributed by atoms with van der Waals surface area (Å²) in [6, 6.07) is 7.47. The Kier molecular flexibility index (Phi) is 11.1. The molecule has 1 aromatic carbocycles. The summed E-state index contributed by atoms with van der Waals surface area (Å²) in [7, 11) is 0. The van der Waals surface area contributed by atoms with Crippen molar-refractivity contribution in [2.24, 2.45) is 10.9 Å². The lowest BCUT2D eigenvalue weighted by Gasteiger charge is -2.19. The first-order valence-electron chi connectivity index (χ1n) is 9.14. The summed E-state index contributed by atoms with van der Waals surface area (Å²) in [5, 5.41) is 16.3. The van der Waals surface area contributed by atoms with Gasteiger partial charge in [-0.3, -0.25) is 4.99 Å². The first kappa shape index (κ1) is 21.6. The van der Waals surface area contributed by atoms with Gasteiger partial charge in [0, 0.05) is 19.7 Å². The summed E-state index contributed by atoms with van der Waals surface area (Å²) < 4.78 is 5.87. The Labute approximate surface area is 156 Å². The smallest absolute Gasteiger partial charge is 0.191 e. The zero-order valence-corrected chi connectivity index (χ0v) is 16.4. The second-order valence-electron chi connectivity index (χ2n) is 6.13. The molecule has 6 heteroatoms. The number of aliphatic hydroxyl groups excluding tert-OH is 1. The Balaban J connectivity index is 2.53. The average molecular weight is 370 g/mol. The predicted octanol–water partition coefficient (Wildman–Crippen LogP) is 3.46. The molecule has 0 aliphatic heterocycles. The minimum atomic E-state index is -0.0485. The molecule has 0 aromatic heterocycles. The van der Waals surface area contributed by atoms with Gasteiger partial charge in [-0.15, -0.1) is 0 Å². The van der Waals surface area contributed by atoms with Crippen LogP contribution in [0.1, 0.15) is 40.0 Å². The Morgan fingerprint density at radius 3 is 2.64 bits per heavy atom. The summed E-state index contributed by atoms with van der Waals surface area (Å²) in [5.74, 6) is 1.88. The molecule has 0 aliphatic carbocycles. The number of rotatable bonds is 11. The number of benzene rings is 1. The summed E-state index contributed by atoms with van der Waals surface area (Å²) in [6.07, 6.45) is 2.93. The molecular weight excluding hydrogens is 338 g/mol. The van der Waals surface area contributed by atoms with Gasteiger partial charge < -0.3 is 20.5 Å². The maximum absolute atomic E-state index is 9.16. The van der Waals surface area contributed by atoms with E-state index in [0.717, 1.165) is 31.8 Å². The van der Waals surface area contributed by atoms with E-state index in [0.29, 0.717) is 29.8 Å². The van der Waals surface area contributed by atoms with Crippen molar-refractivity contribution in [2.45, 2.75) is 46.1 Å². The highest BCUT2D eigenvalue weighted by molar-refractivity contribution is 6.32. The zero-order valence-electron chi connectivity index (χ0n) is 15.6. The number of hydrogen-bond acceptors (Lipinski definition) is 3. The molecule has 0 aliphatic rings. The Hall–Kier alpha value is -1.46. The number of aliphatic imine (C=N–C) groups is 1. The monoisotopic (exact) mass is 369 g/mol. The van der Waals surface area contributed by atoms with Crippen LogP contribution in [-0.2, 0) is 0 Å². The third kappa shape index (κ3) is 8.98. The number of para-hydroxylation sites is 1. The van der Waals surface area contributed by atoms with E-state index >= 15 is 0 Å². The highest BCUT2D eigenvalue weighted by atomic mass is 35.5. The van der Waals surface area contributed by atoms with Crippen molar-refractivity contribution in [3.05, 3.63) is 29.3 Å². The number of nitrogens with one attached hydrogen (secondary N) is 2. The van der Waals surface area contributed by atoms with E-state index in [1.165, 1.54) is 0 Å². The molecule has 0 bridgehead atoms. The zero-order chi connectivity index (χ0) is 18.5. The molecule has 0 fully saturated rings. The van der Waals surface area contributed by atoms with Crippen molar-refractivity contribution in [2.75, 3.05) is 26.2 Å². The predicted molar refractivity (Wildman–Crippen MR) is 106 cm³/mol. The van der Waals surface area contributed by atoms with Crippen LogP contribution in [0.15, 0.2) is 29.3 Å². The Morgan fingerprint density at radius 1 is 1.24 bits per heavy atom. The fourth-order valence-corrected chi connectivity index (χ4v) is 2.70. The van der Waals surface area contributed by atoms with Gasteiger partial charge in [0.2, 0.25) is 0 Å². The Morgan fingerprint density at radius 2 is 2.00 bits per heavy atom. The van der Waals surface area contributed by atoms with Crippen molar-refractivity contribution in [3.8, 4) is 5.75 Å². The van der Waals surface area contributed by atoms with Crippen molar-refractivity contribution in [1.82, 2.24) is 10.6 Å². The third-order valence-electron chi connectivity index (χ3n) is 3.81. The van der Waals surface area contributed by atoms with E-state index in [1.54, 1.807) is 0 Å². The largest absolute Gasteiger partial charge is 0.487 e. The van der Waals surface area contributed by atoms with Gasteiger partial charge in [0.15, 0.2) is 5.96 Å². The van der Waals surface area contributed by atoms with Crippen LogP contribution in [-0.4, -0.2) is 43.4 Å². The topological polar surface area (TPSA) is 65.9 Å². The fourth-order valence-electron chi connectivity index (χ4n) is 2.52. The average Bonchev–Trinajstić information content (AvgIpc) is 2.59. The number of aliphatic hydroxyl groups is 1. The van der Waals surface area contributed by atoms with E-state index < -0.39 is 0 Å². The summed E-state index contributed by atoms with van der Waals surface area (Å²) in [6.45, 7) is 8.53. The second-order valence-corrected chi connectivity index (χ2v) is 6.53. The van der Waals surface area contributed by atoms with Crippen molar-refractivity contribution >= 4 is 17.6 Å². The number of guanidine groups is 1. The first-order chi connectivity index (χ1) is 12.1. The van der Waals surface area contributed by atoms with Crippen LogP contribution in [0, 0.1) is 5.92 Å². The molecule has 142 valence electrons. The highest BCUT2D eigenvalue weighted by Gasteiger charge is 2.10. The Bertz CT molecular complexity index is 505. The standard InChI is InChI=1S/C19H32ClN3O2/c1-4-8-16(11-12-24)14-23-19(21-5-2)22-13-15(3)25-18-10-7-6-9-17(18)20/h6-7,9-10,15-16,24H,4-5,8,11-14H2,1-3H3,(H2,21,22,23). The SMILES string of the molecule is CCCC(CCO)CN=C(NCC)NCC(C)Oc1ccccc1Cl. The molecule has 0 amide bonds. The van der Waals surface area contributed by atoms with E-state index in [9.17, 15) is 0 Å². The van der Waals surface area contributed by atoms with Crippen LogP contribution < -0.4 is 15.4 Å². The van der Waals surface area contributed by atoms with Gasteiger partial charge >= 0.3 is 0 Å². The van der Waals surface area contributed by atoms with Gasteiger partial charge in [0.1, 0.15) is 11.9 Å². The highest BCUT2D eigenvalue weighted by Crippen LogP contribution is 2.23. The molecule has 3 N–H and O–H groups in total. The number of ether oxygens (including phenoxy) is 1.